The molecular weight excluding hydrogens is 597 g/mol. The summed E-state index contributed by atoms with van der Waals surface area (Å²) in [4.78, 5) is 33.6. The molecule has 0 radical (unpaired) electrons. The van der Waals surface area contributed by atoms with E-state index in [4.69, 9.17) is 11.6 Å². The lowest BCUT2D eigenvalue weighted by Gasteiger charge is -2.20. The zero-order chi connectivity index (χ0) is 31.4. The van der Waals surface area contributed by atoms with Crippen molar-refractivity contribution in [3.05, 3.63) is 97.6 Å². The minimum absolute atomic E-state index is 0.0299. The van der Waals surface area contributed by atoms with E-state index in [1.165, 1.54) is 17.7 Å². The Kier molecular flexibility index (Phi) is 7.43. The first-order valence-corrected chi connectivity index (χ1v) is 13.0. The molecule has 43 heavy (non-hydrogen) atoms. The summed E-state index contributed by atoms with van der Waals surface area (Å²) in [5, 5.41) is 20.8. The largest absolute Gasteiger partial charge is 0.507 e. The molecule has 2 aliphatic heterocycles. The maximum atomic E-state index is 14.2. The number of hydrogen-bond acceptors (Lipinski definition) is 4. The van der Waals surface area contributed by atoms with E-state index in [-0.39, 0.29) is 45.6 Å². The first-order chi connectivity index (χ1) is 20.2. The lowest BCUT2D eigenvalue weighted by atomic mass is 10.0. The molecule has 1 aliphatic carbocycles. The fourth-order valence-corrected chi connectivity index (χ4v) is 5.31. The lowest BCUT2D eigenvalue weighted by Crippen LogP contribution is -2.35. The number of alkyl halides is 3. The molecule has 1 N–H and O–H groups in total. The van der Waals surface area contributed by atoms with Crippen molar-refractivity contribution in [1.82, 2.24) is 9.13 Å². The molecule has 2 amide bonds. The Hall–Kier alpha value is -4.83. The van der Waals surface area contributed by atoms with Crippen molar-refractivity contribution in [2.75, 3.05) is 0 Å². The molecule has 8 nitrogen and oxygen atoms in total. The third-order valence-electron chi connectivity index (χ3n) is 7.07. The van der Waals surface area contributed by atoms with Crippen LogP contribution in [0.25, 0.3) is 17.1 Å². The molecule has 0 fully saturated rings. The van der Waals surface area contributed by atoms with E-state index >= 15 is 0 Å². The van der Waals surface area contributed by atoms with Crippen LogP contribution in [0.15, 0.2) is 52.4 Å². The van der Waals surface area contributed by atoms with Crippen molar-refractivity contribution >= 4 is 29.2 Å². The van der Waals surface area contributed by atoms with Crippen molar-refractivity contribution in [3.8, 4) is 17.5 Å². The first kappa shape index (κ1) is 29.7. The number of nitrogens with zero attached hydrogens (tertiary/aromatic N) is 5. The summed E-state index contributed by atoms with van der Waals surface area (Å²) in [7, 11) is 1.52. The van der Waals surface area contributed by atoms with E-state index in [9.17, 15) is 41.9 Å². The maximum absolute atomic E-state index is 14.2. The van der Waals surface area contributed by atoms with Gasteiger partial charge in [0.1, 0.15) is 23.5 Å². The Morgan fingerprint density at radius 3 is 2.56 bits per heavy atom. The predicted octanol–water partition coefficient (Wildman–Crippen LogP) is 4.71. The smallest absolute Gasteiger partial charge is 0.416 e. The SMILES string of the molecule is CC[C@@H]1CC(=O)N=c2n(C)c3c(C#N)/c(=C(/O)c4cc(F)ccc4Cl)c(=NC(=O)c4cc(F)cc(C(F)(F)F)c4)cc-3n21. The van der Waals surface area contributed by atoms with Gasteiger partial charge in [-0.3, -0.25) is 9.59 Å². The quantitative estimate of drug-likeness (QED) is 0.336. The van der Waals surface area contributed by atoms with E-state index < -0.39 is 63.1 Å². The Morgan fingerprint density at radius 1 is 1.19 bits per heavy atom. The van der Waals surface area contributed by atoms with Gasteiger partial charge >= 0.3 is 6.18 Å². The molecule has 3 aliphatic rings. The minimum Gasteiger partial charge on any atom is -0.507 e. The Labute approximate surface area is 244 Å². The molecule has 2 heterocycles. The van der Waals surface area contributed by atoms with Crippen molar-refractivity contribution < 1.29 is 36.6 Å². The number of aliphatic hydroxyl groups excluding tert-OH is 1. The van der Waals surface area contributed by atoms with Gasteiger partial charge in [-0.1, -0.05) is 18.5 Å². The highest BCUT2D eigenvalue weighted by atomic mass is 35.5. The highest BCUT2D eigenvalue weighted by molar-refractivity contribution is 6.32. The van der Waals surface area contributed by atoms with Crippen LogP contribution < -0.4 is 16.2 Å². The number of carbonyl (C=O) groups excluding carboxylic acids is 2. The second-order valence-corrected chi connectivity index (χ2v) is 10.1. The molecular formula is C29H19ClF5N5O3. The molecule has 5 rings (SSSR count). The molecule has 0 saturated heterocycles. The fourth-order valence-electron chi connectivity index (χ4n) is 5.10. The van der Waals surface area contributed by atoms with Gasteiger partial charge in [-0.2, -0.15) is 23.4 Å². The van der Waals surface area contributed by atoms with Crippen LogP contribution in [0.4, 0.5) is 22.0 Å². The summed E-state index contributed by atoms with van der Waals surface area (Å²) in [6.45, 7) is 1.82. The number of aromatic nitrogens is 2. The average molecular weight is 616 g/mol. The van der Waals surface area contributed by atoms with E-state index in [2.05, 4.69) is 9.98 Å². The van der Waals surface area contributed by atoms with Crippen molar-refractivity contribution in [2.45, 2.75) is 32.0 Å². The van der Waals surface area contributed by atoms with Crippen LogP contribution in [0.3, 0.4) is 0 Å². The lowest BCUT2D eigenvalue weighted by molar-refractivity contribution is -0.137. The summed E-state index contributed by atoms with van der Waals surface area (Å²) in [5.41, 5.74) is -2.14. The second kappa shape index (κ2) is 10.8. The number of nitriles is 1. The third kappa shape index (κ3) is 5.18. The average Bonchev–Trinajstić information content (AvgIpc) is 3.22. The van der Waals surface area contributed by atoms with Gasteiger partial charge in [0.25, 0.3) is 11.8 Å². The number of aliphatic hydroxyl groups is 1. The minimum atomic E-state index is -4.97. The molecule has 1 atom stereocenters. The van der Waals surface area contributed by atoms with Crippen LogP contribution in [-0.4, -0.2) is 26.1 Å². The number of imidazole rings is 1. The second-order valence-electron chi connectivity index (χ2n) is 9.74. The number of carbonyl (C=O) groups is 2. The number of rotatable bonds is 3. The Morgan fingerprint density at radius 2 is 1.91 bits per heavy atom. The van der Waals surface area contributed by atoms with Crippen LogP contribution in [0.5, 0.6) is 0 Å². The van der Waals surface area contributed by atoms with E-state index in [0.29, 0.717) is 18.6 Å². The van der Waals surface area contributed by atoms with Gasteiger partial charge in [-0.15, -0.1) is 0 Å². The zero-order valence-electron chi connectivity index (χ0n) is 22.3. The van der Waals surface area contributed by atoms with Crippen LogP contribution >= 0.6 is 11.6 Å². The molecule has 2 aromatic rings. The summed E-state index contributed by atoms with van der Waals surface area (Å²) in [5.74, 6) is -4.65. The standard InChI is InChI=1S/C29H19ClF5N5O3/c1-3-17-10-23(41)38-28-39(2)25-19(12-36)24(26(42)18-9-15(31)4-5-20(18)30)21(11-22(25)40(17)28)37-27(43)13-6-14(29(33,34)35)8-16(32)7-13/h4-9,11,17,42H,3,10H2,1-2H3/b26-24-,37-21?/t17-/m1/s1. The van der Waals surface area contributed by atoms with Gasteiger partial charge in [0.15, 0.2) is 0 Å². The van der Waals surface area contributed by atoms with Crippen molar-refractivity contribution in [3.63, 3.8) is 0 Å². The maximum Gasteiger partial charge on any atom is 0.416 e. The van der Waals surface area contributed by atoms with E-state index in [1.807, 2.05) is 13.0 Å². The summed E-state index contributed by atoms with van der Waals surface area (Å²) in [6, 6.07) is 7.07. The fraction of sp³-hybridized carbons (Fsp3) is 0.207. The monoisotopic (exact) mass is 615 g/mol. The van der Waals surface area contributed by atoms with Gasteiger partial charge in [0.2, 0.25) is 5.62 Å². The van der Waals surface area contributed by atoms with Gasteiger partial charge in [0, 0.05) is 30.6 Å². The van der Waals surface area contributed by atoms with Crippen molar-refractivity contribution in [2.24, 2.45) is 17.0 Å². The van der Waals surface area contributed by atoms with E-state index in [1.54, 1.807) is 4.57 Å². The van der Waals surface area contributed by atoms with Crippen LogP contribution in [0.2, 0.25) is 5.02 Å². The van der Waals surface area contributed by atoms with Crippen LogP contribution in [0, 0.1) is 23.0 Å². The number of fused-ring (bicyclic) bond motifs is 3. The topological polar surface area (TPSA) is 113 Å². The molecule has 0 saturated carbocycles. The van der Waals surface area contributed by atoms with Gasteiger partial charge in [-0.25, -0.2) is 13.8 Å². The summed E-state index contributed by atoms with van der Waals surface area (Å²) < 4.78 is 71.4. The number of amides is 2. The third-order valence-corrected chi connectivity index (χ3v) is 7.40. The van der Waals surface area contributed by atoms with Gasteiger partial charge in [0.05, 0.1) is 38.1 Å². The molecule has 0 bridgehead atoms. The molecule has 2 aromatic carbocycles. The van der Waals surface area contributed by atoms with Crippen LogP contribution in [0.1, 0.15) is 52.9 Å². The number of hydrogen-bond donors (Lipinski definition) is 1. The number of halogens is 6. The van der Waals surface area contributed by atoms with E-state index in [0.717, 1.165) is 18.2 Å². The first-order valence-electron chi connectivity index (χ1n) is 12.7. The molecule has 0 aromatic heterocycles. The predicted molar refractivity (Wildman–Crippen MR) is 142 cm³/mol. The number of benzene rings is 3. The molecule has 220 valence electrons. The van der Waals surface area contributed by atoms with Gasteiger partial charge in [-0.05, 0) is 48.9 Å². The normalized spacial score (nSPS) is 16.1. The zero-order valence-corrected chi connectivity index (χ0v) is 23.1. The van der Waals surface area contributed by atoms with Crippen LogP contribution in [-0.2, 0) is 18.0 Å². The Bertz CT molecular complexity index is 2060. The molecule has 0 spiro atoms. The summed E-state index contributed by atoms with van der Waals surface area (Å²) >= 11 is 6.22. The highest BCUT2D eigenvalue weighted by Gasteiger charge is 2.33. The Balaban J connectivity index is 1.97. The highest BCUT2D eigenvalue weighted by Crippen LogP contribution is 2.31. The van der Waals surface area contributed by atoms with Gasteiger partial charge < -0.3 is 14.2 Å². The molecule has 0 unspecified atom stereocenters. The van der Waals surface area contributed by atoms with Crippen molar-refractivity contribution in [1.29, 1.82) is 5.26 Å². The summed E-state index contributed by atoms with van der Waals surface area (Å²) in [6.07, 6.45) is -4.47. The molecule has 14 heteroatoms.